The minimum absolute atomic E-state index is 0.176. The Morgan fingerprint density at radius 2 is 1.80 bits per heavy atom. The Morgan fingerprint density at radius 1 is 1.20 bits per heavy atom. The molecule has 1 aliphatic rings. The molecule has 2 rings (SSSR count). The molecule has 20 heavy (non-hydrogen) atoms. The largest absolute Gasteiger partial charge is 0.497 e. The van der Waals surface area contributed by atoms with Gasteiger partial charge >= 0.3 is 0 Å². The molecule has 0 aliphatic carbocycles. The average Bonchev–Trinajstić information content (AvgIpc) is 2.96. The minimum atomic E-state index is -0.322. The lowest BCUT2D eigenvalue weighted by Crippen LogP contribution is -2.38. The van der Waals surface area contributed by atoms with Gasteiger partial charge in [-0.05, 0) is 31.0 Å². The van der Waals surface area contributed by atoms with Crippen LogP contribution in [0.4, 0.5) is 0 Å². The number of hydrogen-bond acceptors (Lipinski definition) is 4. The number of nitrogens with one attached hydrogen (secondary N) is 1. The molecule has 0 radical (unpaired) electrons. The molecule has 1 N–H and O–H groups in total. The SMILES string of the molecule is COc1cc(OC)cc(C(=O)C2(C(C)C)CCNC2)c1. The van der Waals surface area contributed by atoms with Gasteiger partial charge in [0, 0.05) is 23.6 Å². The Balaban J connectivity index is 2.41. The summed E-state index contributed by atoms with van der Waals surface area (Å²) in [4.78, 5) is 13.0. The zero-order valence-electron chi connectivity index (χ0n) is 12.7. The number of benzene rings is 1. The molecule has 1 saturated heterocycles. The fraction of sp³-hybridized carbons (Fsp3) is 0.562. The van der Waals surface area contributed by atoms with Crippen LogP contribution in [-0.2, 0) is 0 Å². The van der Waals surface area contributed by atoms with Crippen molar-refractivity contribution in [1.82, 2.24) is 5.32 Å². The number of ether oxygens (including phenoxy) is 2. The first kappa shape index (κ1) is 14.9. The van der Waals surface area contributed by atoms with E-state index < -0.39 is 0 Å². The molecule has 110 valence electrons. The molecule has 1 aromatic rings. The van der Waals surface area contributed by atoms with Gasteiger partial charge in [0.25, 0.3) is 0 Å². The van der Waals surface area contributed by atoms with Gasteiger partial charge in [0.15, 0.2) is 5.78 Å². The second-order valence-electron chi connectivity index (χ2n) is 5.67. The third-order valence-electron chi connectivity index (χ3n) is 4.36. The number of Topliss-reactive ketones (excluding diaryl/α,β-unsaturated/α-hetero) is 1. The molecule has 1 unspecified atom stereocenters. The summed E-state index contributed by atoms with van der Waals surface area (Å²) >= 11 is 0. The lowest BCUT2D eigenvalue weighted by atomic mass is 9.71. The van der Waals surface area contributed by atoms with Crippen LogP contribution in [0.25, 0.3) is 0 Å². The molecule has 1 aromatic carbocycles. The lowest BCUT2D eigenvalue weighted by molar-refractivity contribution is 0.0739. The van der Waals surface area contributed by atoms with Gasteiger partial charge in [-0.2, -0.15) is 0 Å². The van der Waals surface area contributed by atoms with Crippen molar-refractivity contribution in [3.8, 4) is 11.5 Å². The van der Waals surface area contributed by atoms with Crippen molar-refractivity contribution in [2.24, 2.45) is 11.3 Å². The van der Waals surface area contributed by atoms with E-state index in [1.54, 1.807) is 32.4 Å². The first-order valence-electron chi connectivity index (χ1n) is 7.02. The number of methoxy groups -OCH3 is 2. The highest BCUT2D eigenvalue weighted by molar-refractivity contribution is 6.01. The van der Waals surface area contributed by atoms with Crippen LogP contribution in [0.1, 0.15) is 30.6 Å². The third kappa shape index (κ3) is 2.52. The summed E-state index contributed by atoms with van der Waals surface area (Å²) in [6, 6.07) is 5.38. The standard InChI is InChI=1S/C16H23NO3/c1-11(2)16(5-6-17-10-16)15(18)12-7-13(19-3)9-14(8-12)20-4/h7-9,11,17H,5-6,10H2,1-4H3. The van der Waals surface area contributed by atoms with Crippen molar-refractivity contribution in [1.29, 1.82) is 0 Å². The van der Waals surface area contributed by atoms with Crippen molar-refractivity contribution < 1.29 is 14.3 Å². The molecule has 4 nitrogen and oxygen atoms in total. The molecule has 0 bridgehead atoms. The lowest BCUT2D eigenvalue weighted by Gasteiger charge is -2.31. The van der Waals surface area contributed by atoms with E-state index in [0.717, 1.165) is 19.5 Å². The number of carbonyl (C=O) groups excluding carboxylic acids is 1. The summed E-state index contributed by atoms with van der Waals surface area (Å²) in [5, 5.41) is 3.32. The molecule has 0 amide bonds. The number of rotatable bonds is 5. The molecule has 1 atom stereocenters. The van der Waals surface area contributed by atoms with E-state index >= 15 is 0 Å². The van der Waals surface area contributed by atoms with Gasteiger partial charge in [0.05, 0.1) is 14.2 Å². The summed E-state index contributed by atoms with van der Waals surface area (Å²) in [7, 11) is 3.19. The van der Waals surface area contributed by atoms with E-state index in [2.05, 4.69) is 19.2 Å². The van der Waals surface area contributed by atoms with Crippen molar-refractivity contribution >= 4 is 5.78 Å². The molecule has 1 heterocycles. The van der Waals surface area contributed by atoms with Crippen LogP contribution in [-0.4, -0.2) is 33.1 Å². The Hall–Kier alpha value is -1.55. The van der Waals surface area contributed by atoms with Gasteiger partial charge in [-0.25, -0.2) is 0 Å². The number of hydrogen-bond donors (Lipinski definition) is 1. The van der Waals surface area contributed by atoms with Crippen molar-refractivity contribution in [2.45, 2.75) is 20.3 Å². The predicted octanol–water partition coefficient (Wildman–Crippen LogP) is 2.52. The molecule has 1 aliphatic heterocycles. The summed E-state index contributed by atoms with van der Waals surface area (Å²) < 4.78 is 10.5. The van der Waals surface area contributed by atoms with Crippen LogP contribution in [0.3, 0.4) is 0 Å². The predicted molar refractivity (Wildman–Crippen MR) is 78.6 cm³/mol. The monoisotopic (exact) mass is 277 g/mol. The fourth-order valence-electron chi connectivity index (χ4n) is 2.89. The van der Waals surface area contributed by atoms with Gasteiger partial charge in [-0.15, -0.1) is 0 Å². The number of ketones is 1. The summed E-state index contributed by atoms with van der Waals surface area (Å²) in [5.41, 5.74) is 0.343. The highest BCUT2D eigenvalue weighted by Crippen LogP contribution is 2.38. The second kappa shape index (κ2) is 5.83. The van der Waals surface area contributed by atoms with Gasteiger partial charge in [-0.3, -0.25) is 4.79 Å². The Labute approximate surface area is 120 Å². The minimum Gasteiger partial charge on any atom is -0.497 e. The molecule has 4 heteroatoms. The second-order valence-corrected chi connectivity index (χ2v) is 5.67. The van der Waals surface area contributed by atoms with Crippen LogP contribution >= 0.6 is 0 Å². The highest BCUT2D eigenvalue weighted by Gasteiger charge is 2.44. The van der Waals surface area contributed by atoms with Gasteiger partial charge in [-0.1, -0.05) is 13.8 Å². The molecule has 1 fully saturated rings. The normalized spacial score (nSPS) is 22.1. The number of carbonyl (C=O) groups is 1. The zero-order chi connectivity index (χ0) is 14.8. The highest BCUT2D eigenvalue weighted by atomic mass is 16.5. The molecular weight excluding hydrogens is 254 g/mol. The summed E-state index contributed by atoms with van der Waals surface area (Å²) in [6.07, 6.45) is 0.878. The first-order chi connectivity index (χ1) is 9.53. The summed E-state index contributed by atoms with van der Waals surface area (Å²) in [6.45, 7) is 5.86. The van der Waals surface area contributed by atoms with Crippen molar-refractivity contribution in [3.05, 3.63) is 23.8 Å². The van der Waals surface area contributed by atoms with E-state index in [9.17, 15) is 4.79 Å². The average molecular weight is 277 g/mol. The van der Waals surface area contributed by atoms with Crippen molar-refractivity contribution in [3.63, 3.8) is 0 Å². The van der Waals surface area contributed by atoms with Crippen LogP contribution in [0.15, 0.2) is 18.2 Å². The van der Waals surface area contributed by atoms with E-state index in [1.807, 2.05) is 0 Å². The quantitative estimate of drug-likeness (QED) is 0.840. The Bertz CT molecular complexity index is 468. The molecular formula is C16H23NO3. The topological polar surface area (TPSA) is 47.6 Å². The van der Waals surface area contributed by atoms with E-state index in [4.69, 9.17) is 9.47 Å². The first-order valence-corrected chi connectivity index (χ1v) is 7.02. The Morgan fingerprint density at radius 3 is 2.20 bits per heavy atom. The molecule has 0 aromatic heterocycles. The maximum Gasteiger partial charge on any atom is 0.170 e. The van der Waals surface area contributed by atoms with Crippen LogP contribution in [0.2, 0.25) is 0 Å². The van der Waals surface area contributed by atoms with Crippen molar-refractivity contribution in [2.75, 3.05) is 27.3 Å². The van der Waals surface area contributed by atoms with E-state index in [0.29, 0.717) is 23.0 Å². The van der Waals surface area contributed by atoms with Crippen LogP contribution in [0, 0.1) is 11.3 Å². The molecule has 0 spiro atoms. The summed E-state index contributed by atoms with van der Waals surface area (Å²) in [5.74, 6) is 1.77. The molecule has 0 saturated carbocycles. The zero-order valence-corrected chi connectivity index (χ0v) is 12.7. The van der Waals surface area contributed by atoms with Crippen LogP contribution in [0.5, 0.6) is 11.5 Å². The van der Waals surface area contributed by atoms with E-state index in [1.165, 1.54) is 0 Å². The van der Waals surface area contributed by atoms with Gasteiger partial charge < -0.3 is 14.8 Å². The van der Waals surface area contributed by atoms with Gasteiger partial charge in [0.1, 0.15) is 11.5 Å². The smallest absolute Gasteiger partial charge is 0.170 e. The third-order valence-corrected chi connectivity index (χ3v) is 4.36. The maximum atomic E-state index is 13.0. The van der Waals surface area contributed by atoms with Gasteiger partial charge in [0.2, 0.25) is 0 Å². The van der Waals surface area contributed by atoms with E-state index in [-0.39, 0.29) is 11.2 Å². The maximum absolute atomic E-state index is 13.0. The fourth-order valence-corrected chi connectivity index (χ4v) is 2.89. The Kier molecular flexibility index (Phi) is 4.33. The van der Waals surface area contributed by atoms with Crippen LogP contribution < -0.4 is 14.8 Å².